The van der Waals surface area contributed by atoms with Crippen molar-refractivity contribution in [2.45, 2.75) is 33.2 Å². The Labute approximate surface area is 194 Å². The minimum absolute atomic E-state index is 0.192. The van der Waals surface area contributed by atoms with Crippen LogP contribution in [0, 0.1) is 18.3 Å². The Hall–Kier alpha value is -3.58. The molecule has 1 aliphatic rings. The van der Waals surface area contributed by atoms with Crippen LogP contribution in [0.15, 0.2) is 55.1 Å². The SMILES string of the molecule is Cc1cncc(NC(=O)C(=N)c2cc(-c3cncc(CN4CCC(C)CC4)c3)ccc2N)c1. The van der Waals surface area contributed by atoms with Gasteiger partial charge in [0.05, 0.1) is 11.9 Å². The van der Waals surface area contributed by atoms with Gasteiger partial charge in [0.2, 0.25) is 0 Å². The van der Waals surface area contributed by atoms with Crippen molar-refractivity contribution >= 4 is 23.0 Å². The lowest BCUT2D eigenvalue weighted by Gasteiger charge is -2.30. The number of nitrogens with zero attached hydrogens (tertiary/aromatic N) is 3. The quantitative estimate of drug-likeness (QED) is 0.390. The monoisotopic (exact) mass is 442 g/mol. The maximum Gasteiger partial charge on any atom is 0.274 e. The van der Waals surface area contributed by atoms with Gasteiger partial charge in [-0.25, -0.2) is 0 Å². The molecule has 4 N–H and O–H groups in total. The number of nitrogens with two attached hydrogens (primary N) is 1. The van der Waals surface area contributed by atoms with Crippen LogP contribution in [0.1, 0.15) is 36.5 Å². The number of anilines is 2. The number of pyridine rings is 2. The first-order valence-electron chi connectivity index (χ1n) is 11.3. The normalized spacial score (nSPS) is 14.7. The molecule has 33 heavy (non-hydrogen) atoms. The van der Waals surface area contributed by atoms with E-state index in [4.69, 9.17) is 11.1 Å². The molecular weight excluding hydrogens is 412 g/mol. The molecule has 3 heterocycles. The van der Waals surface area contributed by atoms with E-state index in [-0.39, 0.29) is 5.71 Å². The molecular formula is C26H30N6O. The van der Waals surface area contributed by atoms with Crippen molar-refractivity contribution in [1.82, 2.24) is 14.9 Å². The highest BCUT2D eigenvalue weighted by molar-refractivity contribution is 6.48. The Morgan fingerprint density at radius 2 is 1.85 bits per heavy atom. The first kappa shape index (κ1) is 22.6. The lowest BCUT2D eigenvalue weighted by Crippen LogP contribution is -2.32. The van der Waals surface area contributed by atoms with E-state index in [0.29, 0.717) is 16.9 Å². The minimum atomic E-state index is -0.530. The molecule has 1 fully saturated rings. The minimum Gasteiger partial charge on any atom is -0.398 e. The second kappa shape index (κ2) is 9.92. The van der Waals surface area contributed by atoms with Gasteiger partial charge in [-0.3, -0.25) is 25.1 Å². The molecule has 1 aromatic carbocycles. The summed E-state index contributed by atoms with van der Waals surface area (Å²) in [4.78, 5) is 23.7. The molecule has 0 radical (unpaired) electrons. The van der Waals surface area contributed by atoms with Crippen molar-refractivity contribution in [2.24, 2.45) is 5.92 Å². The Balaban J connectivity index is 1.52. The van der Waals surface area contributed by atoms with Gasteiger partial charge in [-0.05, 0) is 79.7 Å². The lowest BCUT2D eigenvalue weighted by atomic mass is 9.98. The number of nitrogens with one attached hydrogen (secondary N) is 2. The molecule has 4 rings (SSSR count). The van der Waals surface area contributed by atoms with Crippen LogP contribution < -0.4 is 11.1 Å². The highest BCUT2D eigenvalue weighted by atomic mass is 16.1. The van der Waals surface area contributed by atoms with E-state index in [9.17, 15) is 4.79 Å². The van der Waals surface area contributed by atoms with E-state index in [2.05, 4.69) is 33.2 Å². The van der Waals surface area contributed by atoms with E-state index in [1.54, 1.807) is 36.8 Å². The Bertz CT molecular complexity index is 1170. The molecule has 2 aromatic heterocycles. The zero-order valence-corrected chi connectivity index (χ0v) is 19.1. The number of aryl methyl sites for hydroxylation is 1. The molecule has 0 saturated carbocycles. The van der Waals surface area contributed by atoms with E-state index in [1.165, 1.54) is 12.8 Å². The largest absolute Gasteiger partial charge is 0.398 e. The highest BCUT2D eigenvalue weighted by Gasteiger charge is 2.18. The third-order valence-electron chi connectivity index (χ3n) is 6.09. The maximum atomic E-state index is 12.7. The Kier molecular flexibility index (Phi) is 6.79. The van der Waals surface area contributed by atoms with Crippen LogP contribution in [-0.2, 0) is 11.3 Å². The smallest absolute Gasteiger partial charge is 0.274 e. The zero-order chi connectivity index (χ0) is 23.4. The van der Waals surface area contributed by atoms with Crippen LogP contribution in [-0.4, -0.2) is 39.6 Å². The van der Waals surface area contributed by atoms with Crippen LogP contribution in [0.5, 0.6) is 0 Å². The first-order chi connectivity index (χ1) is 15.9. The fraction of sp³-hybridized carbons (Fsp3) is 0.308. The van der Waals surface area contributed by atoms with Crippen molar-refractivity contribution in [1.29, 1.82) is 5.41 Å². The summed E-state index contributed by atoms with van der Waals surface area (Å²) < 4.78 is 0. The van der Waals surface area contributed by atoms with Gasteiger partial charge < -0.3 is 11.1 Å². The average molecular weight is 443 g/mol. The summed E-state index contributed by atoms with van der Waals surface area (Å²) in [5.41, 5.74) is 11.1. The molecule has 0 unspecified atom stereocenters. The topological polar surface area (TPSA) is 108 Å². The third-order valence-corrected chi connectivity index (χ3v) is 6.09. The molecule has 0 aliphatic carbocycles. The number of benzene rings is 1. The number of hydrogen-bond acceptors (Lipinski definition) is 6. The van der Waals surface area contributed by atoms with Crippen molar-refractivity contribution in [3.63, 3.8) is 0 Å². The fourth-order valence-electron chi connectivity index (χ4n) is 4.10. The molecule has 1 aliphatic heterocycles. The predicted molar refractivity (Wildman–Crippen MR) is 132 cm³/mol. The zero-order valence-electron chi connectivity index (χ0n) is 19.1. The van der Waals surface area contributed by atoms with Gasteiger partial charge in [0, 0.05) is 41.9 Å². The summed E-state index contributed by atoms with van der Waals surface area (Å²) in [5, 5.41) is 11.2. The van der Waals surface area contributed by atoms with Gasteiger partial charge in [-0.2, -0.15) is 0 Å². The van der Waals surface area contributed by atoms with Gasteiger partial charge in [-0.15, -0.1) is 0 Å². The van der Waals surface area contributed by atoms with Crippen LogP contribution in [0.25, 0.3) is 11.1 Å². The molecule has 0 atom stereocenters. The number of carbonyl (C=O) groups is 1. The van der Waals surface area contributed by atoms with Crippen molar-refractivity contribution in [3.05, 3.63) is 71.8 Å². The maximum absolute atomic E-state index is 12.7. The van der Waals surface area contributed by atoms with Crippen LogP contribution >= 0.6 is 0 Å². The summed E-state index contributed by atoms with van der Waals surface area (Å²) in [6.07, 6.45) is 9.44. The molecule has 0 bridgehead atoms. The molecule has 7 nitrogen and oxygen atoms in total. The van der Waals surface area contributed by atoms with Crippen molar-refractivity contribution in [3.8, 4) is 11.1 Å². The summed E-state index contributed by atoms with van der Waals surface area (Å²) in [6, 6.07) is 9.35. The fourth-order valence-corrected chi connectivity index (χ4v) is 4.10. The number of nitrogen functional groups attached to an aromatic ring is 1. The van der Waals surface area contributed by atoms with Crippen LogP contribution in [0.3, 0.4) is 0 Å². The number of amides is 1. The molecule has 7 heteroatoms. The van der Waals surface area contributed by atoms with Gasteiger partial charge in [0.15, 0.2) is 0 Å². The van der Waals surface area contributed by atoms with Gasteiger partial charge >= 0.3 is 0 Å². The summed E-state index contributed by atoms with van der Waals surface area (Å²) in [7, 11) is 0. The second-order valence-corrected chi connectivity index (χ2v) is 8.92. The predicted octanol–water partition coefficient (Wildman–Crippen LogP) is 4.27. The van der Waals surface area contributed by atoms with Crippen molar-refractivity contribution in [2.75, 3.05) is 24.1 Å². The number of carbonyl (C=O) groups excluding carboxylic acids is 1. The van der Waals surface area contributed by atoms with Gasteiger partial charge in [0.25, 0.3) is 5.91 Å². The molecule has 0 spiro atoms. The van der Waals surface area contributed by atoms with E-state index in [1.807, 2.05) is 19.2 Å². The number of rotatable bonds is 6. The number of hydrogen-bond donors (Lipinski definition) is 3. The average Bonchev–Trinajstić information content (AvgIpc) is 2.80. The summed E-state index contributed by atoms with van der Waals surface area (Å²) in [6.45, 7) is 7.30. The molecule has 1 saturated heterocycles. The lowest BCUT2D eigenvalue weighted by molar-refractivity contribution is -0.110. The molecule has 1 amide bonds. The van der Waals surface area contributed by atoms with Gasteiger partial charge in [0.1, 0.15) is 5.71 Å². The van der Waals surface area contributed by atoms with Crippen molar-refractivity contribution < 1.29 is 4.79 Å². The first-order valence-corrected chi connectivity index (χ1v) is 11.3. The van der Waals surface area contributed by atoms with Gasteiger partial charge in [-0.1, -0.05) is 13.0 Å². The Morgan fingerprint density at radius 1 is 1.09 bits per heavy atom. The molecule has 3 aromatic rings. The Morgan fingerprint density at radius 3 is 2.61 bits per heavy atom. The standard InChI is InChI=1S/C26H30N6O/c1-17-5-7-32(8-6-17)16-19-10-21(14-30-13-19)20-3-4-24(27)23(11-20)25(28)26(33)31-22-9-18(2)12-29-15-22/h3-4,9-15,17,28H,5-8,16,27H2,1-2H3,(H,31,33). The third kappa shape index (κ3) is 5.62. The van der Waals surface area contributed by atoms with E-state index >= 15 is 0 Å². The summed E-state index contributed by atoms with van der Waals surface area (Å²) in [5.74, 6) is 0.269. The van der Waals surface area contributed by atoms with Crippen LogP contribution in [0.4, 0.5) is 11.4 Å². The highest BCUT2D eigenvalue weighted by Crippen LogP contribution is 2.26. The number of aromatic nitrogens is 2. The summed E-state index contributed by atoms with van der Waals surface area (Å²) >= 11 is 0. The second-order valence-electron chi connectivity index (χ2n) is 8.92. The number of piperidine rings is 1. The molecule has 170 valence electrons. The van der Waals surface area contributed by atoms with E-state index < -0.39 is 5.91 Å². The number of likely N-dealkylation sites (tertiary alicyclic amines) is 1. The van der Waals surface area contributed by atoms with Crippen LogP contribution in [0.2, 0.25) is 0 Å². The van der Waals surface area contributed by atoms with E-state index in [0.717, 1.165) is 47.8 Å².